The van der Waals surface area contributed by atoms with E-state index in [-0.39, 0.29) is 0 Å². The van der Waals surface area contributed by atoms with Crippen LogP contribution in [0.15, 0.2) is 0 Å². The van der Waals surface area contributed by atoms with E-state index in [1.165, 1.54) is 51.6 Å². The van der Waals surface area contributed by atoms with Gasteiger partial charge in [0.2, 0.25) is 0 Å². The normalized spacial score (nSPS) is 29.6. The van der Waals surface area contributed by atoms with Crippen molar-refractivity contribution in [3.8, 4) is 0 Å². The lowest BCUT2D eigenvalue weighted by Gasteiger charge is -2.23. The standard InChI is InChI=1S/C12H23NO/c1-2-5-11(4-1)9-14-10-12-6-3-7-13-8-12/h11-13H,1-10H2. The van der Waals surface area contributed by atoms with Gasteiger partial charge in [-0.15, -0.1) is 0 Å². The Hall–Kier alpha value is -0.0800. The molecule has 1 saturated heterocycles. The van der Waals surface area contributed by atoms with Crippen molar-refractivity contribution < 1.29 is 4.74 Å². The number of ether oxygens (including phenoxy) is 1. The molecule has 0 amide bonds. The molecule has 1 unspecified atom stereocenters. The van der Waals surface area contributed by atoms with Crippen molar-refractivity contribution in [1.29, 1.82) is 0 Å². The van der Waals surface area contributed by atoms with E-state index in [2.05, 4.69) is 5.32 Å². The van der Waals surface area contributed by atoms with Gasteiger partial charge >= 0.3 is 0 Å². The first-order valence-electron chi connectivity index (χ1n) is 6.23. The zero-order valence-corrected chi connectivity index (χ0v) is 9.13. The Labute approximate surface area is 87.4 Å². The predicted molar refractivity (Wildman–Crippen MR) is 58.4 cm³/mol. The van der Waals surface area contributed by atoms with Crippen LogP contribution in [0.1, 0.15) is 38.5 Å². The van der Waals surface area contributed by atoms with Crippen molar-refractivity contribution in [3.05, 3.63) is 0 Å². The molecule has 14 heavy (non-hydrogen) atoms. The Bertz CT molecular complexity index is 148. The second kappa shape index (κ2) is 5.72. The topological polar surface area (TPSA) is 21.3 Å². The average Bonchev–Trinajstić information content (AvgIpc) is 2.72. The third kappa shape index (κ3) is 3.25. The molecule has 2 nitrogen and oxygen atoms in total. The molecule has 2 rings (SSSR count). The molecule has 0 aromatic rings. The first-order chi connectivity index (χ1) is 6.95. The van der Waals surface area contributed by atoms with Crippen LogP contribution in [0.4, 0.5) is 0 Å². The predicted octanol–water partition coefficient (Wildman–Crippen LogP) is 2.19. The van der Waals surface area contributed by atoms with E-state index < -0.39 is 0 Å². The van der Waals surface area contributed by atoms with Crippen LogP contribution >= 0.6 is 0 Å². The minimum atomic E-state index is 0.783. The maximum atomic E-state index is 5.82. The Morgan fingerprint density at radius 2 is 1.64 bits per heavy atom. The minimum Gasteiger partial charge on any atom is -0.381 e. The van der Waals surface area contributed by atoms with Gasteiger partial charge in [0.05, 0.1) is 6.61 Å². The van der Waals surface area contributed by atoms with E-state index in [1.807, 2.05) is 0 Å². The van der Waals surface area contributed by atoms with Gasteiger partial charge in [-0.1, -0.05) is 12.8 Å². The van der Waals surface area contributed by atoms with E-state index >= 15 is 0 Å². The minimum absolute atomic E-state index is 0.783. The van der Waals surface area contributed by atoms with Gasteiger partial charge in [-0.2, -0.15) is 0 Å². The molecule has 0 radical (unpaired) electrons. The van der Waals surface area contributed by atoms with Crippen molar-refractivity contribution in [2.75, 3.05) is 26.3 Å². The second-order valence-corrected chi connectivity index (χ2v) is 4.90. The van der Waals surface area contributed by atoms with Crippen LogP contribution < -0.4 is 5.32 Å². The van der Waals surface area contributed by atoms with Gasteiger partial charge in [0.1, 0.15) is 0 Å². The number of hydrogen-bond donors (Lipinski definition) is 1. The van der Waals surface area contributed by atoms with E-state index in [4.69, 9.17) is 4.74 Å². The van der Waals surface area contributed by atoms with Gasteiger partial charge < -0.3 is 10.1 Å². The molecular weight excluding hydrogens is 174 g/mol. The molecule has 1 heterocycles. The van der Waals surface area contributed by atoms with Crippen LogP contribution in [0.5, 0.6) is 0 Å². The molecule has 0 bridgehead atoms. The van der Waals surface area contributed by atoms with Crippen LogP contribution in [0, 0.1) is 11.8 Å². The average molecular weight is 197 g/mol. The van der Waals surface area contributed by atoms with Crippen molar-refractivity contribution in [2.45, 2.75) is 38.5 Å². The molecule has 1 atom stereocenters. The van der Waals surface area contributed by atoms with Crippen molar-refractivity contribution in [2.24, 2.45) is 11.8 Å². The number of piperidine rings is 1. The van der Waals surface area contributed by atoms with Crippen LogP contribution in [0.25, 0.3) is 0 Å². The highest BCUT2D eigenvalue weighted by Gasteiger charge is 2.17. The fraction of sp³-hybridized carbons (Fsp3) is 1.00. The summed E-state index contributed by atoms with van der Waals surface area (Å²) in [5, 5.41) is 3.43. The van der Waals surface area contributed by atoms with Crippen molar-refractivity contribution >= 4 is 0 Å². The quantitative estimate of drug-likeness (QED) is 0.746. The van der Waals surface area contributed by atoms with Crippen LogP contribution in [-0.4, -0.2) is 26.3 Å². The van der Waals surface area contributed by atoms with Crippen molar-refractivity contribution in [3.63, 3.8) is 0 Å². The van der Waals surface area contributed by atoms with Crippen LogP contribution in [0.2, 0.25) is 0 Å². The second-order valence-electron chi connectivity index (χ2n) is 4.90. The zero-order valence-electron chi connectivity index (χ0n) is 9.13. The van der Waals surface area contributed by atoms with Gasteiger partial charge in [-0.3, -0.25) is 0 Å². The third-order valence-corrected chi connectivity index (χ3v) is 3.58. The summed E-state index contributed by atoms with van der Waals surface area (Å²) < 4.78 is 5.82. The van der Waals surface area contributed by atoms with E-state index in [1.54, 1.807) is 0 Å². The Morgan fingerprint density at radius 1 is 0.929 bits per heavy atom. The summed E-state index contributed by atoms with van der Waals surface area (Å²) >= 11 is 0. The smallest absolute Gasteiger partial charge is 0.0506 e. The largest absolute Gasteiger partial charge is 0.381 e. The zero-order chi connectivity index (χ0) is 9.64. The summed E-state index contributed by atoms with van der Waals surface area (Å²) in [7, 11) is 0. The highest BCUT2D eigenvalue weighted by molar-refractivity contribution is 4.70. The maximum Gasteiger partial charge on any atom is 0.0506 e. The lowest BCUT2D eigenvalue weighted by molar-refractivity contribution is 0.0655. The molecular formula is C12H23NO. The summed E-state index contributed by atoms with van der Waals surface area (Å²) in [6.07, 6.45) is 8.36. The summed E-state index contributed by atoms with van der Waals surface area (Å²) in [6.45, 7) is 4.39. The molecule has 2 aliphatic rings. The van der Waals surface area contributed by atoms with Gasteiger partial charge in [0.25, 0.3) is 0 Å². The monoisotopic (exact) mass is 197 g/mol. The summed E-state index contributed by atoms with van der Waals surface area (Å²) in [5.74, 6) is 1.66. The highest BCUT2D eigenvalue weighted by atomic mass is 16.5. The summed E-state index contributed by atoms with van der Waals surface area (Å²) in [6, 6.07) is 0. The van der Waals surface area contributed by atoms with Gasteiger partial charge in [-0.25, -0.2) is 0 Å². The molecule has 1 N–H and O–H groups in total. The van der Waals surface area contributed by atoms with Crippen molar-refractivity contribution in [1.82, 2.24) is 5.32 Å². The Morgan fingerprint density at radius 3 is 2.36 bits per heavy atom. The number of rotatable bonds is 4. The van der Waals surface area contributed by atoms with Gasteiger partial charge in [0, 0.05) is 13.2 Å². The molecule has 0 aromatic carbocycles. The first kappa shape index (κ1) is 10.4. The lowest BCUT2D eigenvalue weighted by atomic mass is 10.0. The van der Waals surface area contributed by atoms with E-state index in [0.29, 0.717) is 0 Å². The van der Waals surface area contributed by atoms with Gasteiger partial charge in [-0.05, 0) is 44.1 Å². The maximum absolute atomic E-state index is 5.82. The van der Waals surface area contributed by atoms with E-state index in [0.717, 1.165) is 25.0 Å². The molecule has 0 aromatic heterocycles. The van der Waals surface area contributed by atoms with Gasteiger partial charge in [0.15, 0.2) is 0 Å². The molecule has 1 aliphatic carbocycles. The molecule has 1 aliphatic heterocycles. The summed E-state index contributed by atoms with van der Waals surface area (Å²) in [4.78, 5) is 0. The Balaban J connectivity index is 1.52. The molecule has 1 saturated carbocycles. The molecule has 2 fully saturated rings. The molecule has 0 spiro atoms. The fourth-order valence-electron chi connectivity index (χ4n) is 2.64. The SMILES string of the molecule is C1CCC(COCC2CCCNC2)C1. The van der Waals surface area contributed by atoms with E-state index in [9.17, 15) is 0 Å². The van der Waals surface area contributed by atoms with Crippen LogP contribution in [-0.2, 0) is 4.74 Å². The highest BCUT2D eigenvalue weighted by Crippen LogP contribution is 2.25. The summed E-state index contributed by atoms with van der Waals surface area (Å²) in [5.41, 5.74) is 0. The molecule has 2 heteroatoms. The third-order valence-electron chi connectivity index (χ3n) is 3.58. The Kier molecular flexibility index (Phi) is 4.26. The first-order valence-corrected chi connectivity index (χ1v) is 6.23. The number of nitrogens with one attached hydrogen (secondary N) is 1. The fourth-order valence-corrected chi connectivity index (χ4v) is 2.64. The number of hydrogen-bond acceptors (Lipinski definition) is 2. The lowest BCUT2D eigenvalue weighted by Crippen LogP contribution is -2.32. The molecule has 82 valence electrons. The van der Waals surface area contributed by atoms with Crippen LogP contribution in [0.3, 0.4) is 0 Å².